The molecule has 1 heteroatoms. The number of halogens is 1. The van der Waals surface area contributed by atoms with Crippen LogP contribution in [0.25, 0.3) is 0 Å². The van der Waals surface area contributed by atoms with Crippen molar-refractivity contribution in [3.8, 4) is 0 Å². The monoisotopic (exact) mass is 356 g/mol. The fourth-order valence-electron chi connectivity index (χ4n) is 6.37. The first-order valence-electron chi connectivity index (χ1n) is 10.7. The molecule has 6 atom stereocenters. The normalized spacial score (nSPS) is 38.3. The van der Waals surface area contributed by atoms with Crippen LogP contribution in [0.3, 0.4) is 0 Å². The van der Waals surface area contributed by atoms with Gasteiger partial charge >= 0.3 is 0 Å². The quantitative estimate of drug-likeness (QED) is 0.488. The maximum absolute atomic E-state index is 6.08. The van der Waals surface area contributed by atoms with Gasteiger partial charge in [-0.25, -0.2) is 0 Å². The van der Waals surface area contributed by atoms with Crippen molar-refractivity contribution in [2.45, 2.75) is 70.6 Å². The highest BCUT2D eigenvalue weighted by Crippen LogP contribution is 2.54. The zero-order valence-electron chi connectivity index (χ0n) is 15.7. The third kappa shape index (κ3) is 3.85. The van der Waals surface area contributed by atoms with Gasteiger partial charge in [0.2, 0.25) is 0 Å². The highest BCUT2D eigenvalue weighted by molar-refractivity contribution is 6.30. The molecule has 0 heterocycles. The van der Waals surface area contributed by atoms with Gasteiger partial charge in [0, 0.05) is 5.02 Å². The molecule has 1 aromatic carbocycles. The molecule has 0 aromatic heterocycles. The number of hydrogen-bond acceptors (Lipinski definition) is 0. The van der Waals surface area contributed by atoms with E-state index in [2.05, 4.69) is 43.3 Å². The molecule has 1 aromatic rings. The molecule has 3 saturated carbocycles. The van der Waals surface area contributed by atoms with E-state index in [1.54, 1.807) is 0 Å². The van der Waals surface area contributed by atoms with Gasteiger partial charge in [0.25, 0.3) is 0 Å². The van der Waals surface area contributed by atoms with Crippen molar-refractivity contribution in [1.82, 2.24) is 0 Å². The molecule has 0 nitrogen and oxygen atoms in total. The highest BCUT2D eigenvalue weighted by Gasteiger charge is 2.44. The van der Waals surface area contributed by atoms with Gasteiger partial charge in [-0.15, -0.1) is 0 Å². The maximum atomic E-state index is 6.08. The molecule has 0 amide bonds. The molecule has 136 valence electrons. The average Bonchev–Trinajstić information content (AvgIpc) is 2.66. The van der Waals surface area contributed by atoms with Crippen molar-refractivity contribution < 1.29 is 0 Å². The average molecular weight is 357 g/mol. The van der Waals surface area contributed by atoms with Crippen molar-refractivity contribution in [2.24, 2.45) is 29.6 Å². The summed E-state index contributed by atoms with van der Waals surface area (Å²) in [5, 5.41) is 0.867. The van der Waals surface area contributed by atoms with Crippen LogP contribution in [0.1, 0.15) is 76.2 Å². The van der Waals surface area contributed by atoms with Gasteiger partial charge in [0.05, 0.1) is 0 Å². The molecule has 0 N–H and O–H groups in total. The minimum Gasteiger partial charge on any atom is -0.0885 e. The van der Waals surface area contributed by atoms with Crippen LogP contribution >= 0.6 is 11.6 Å². The van der Waals surface area contributed by atoms with E-state index in [4.69, 9.17) is 11.6 Å². The zero-order chi connectivity index (χ0) is 17.2. The Morgan fingerprint density at radius 3 is 2.28 bits per heavy atom. The van der Waals surface area contributed by atoms with Crippen molar-refractivity contribution in [3.63, 3.8) is 0 Å². The van der Waals surface area contributed by atoms with Gasteiger partial charge in [-0.3, -0.25) is 0 Å². The largest absolute Gasteiger partial charge is 0.0885 e. The first kappa shape index (κ1) is 17.7. The van der Waals surface area contributed by atoms with Crippen molar-refractivity contribution in [1.29, 1.82) is 0 Å². The molecule has 0 aliphatic heterocycles. The summed E-state index contributed by atoms with van der Waals surface area (Å²) in [6.07, 6.45) is 17.8. The lowest BCUT2D eigenvalue weighted by Crippen LogP contribution is -2.41. The van der Waals surface area contributed by atoms with E-state index >= 15 is 0 Å². The molecule has 3 aliphatic carbocycles. The van der Waals surface area contributed by atoms with E-state index in [0.717, 1.165) is 40.5 Å². The van der Waals surface area contributed by atoms with Crippen LogP contribution in [0.2, 0.25) is 5.02 Å². The van der Waals surface area contributed by atoms with Gasteiger partial charge in [-0.05, 0) is 111 Å². The summed E-state index contributed by atoms with van der Waals surface area (Å²) >= 11 is 6.08. The van der Waals surface area contributed by atoms with Crippen molar-refractivity contribution in [3.05, 3.63) is 47.0 Å². The Morgan fingerprint density at radius 2 is 1.56 bits per heavy atom. The fraction of sp³-hybridized carbons (Fsp3) is 0.667. The van der Waals surface area contributed by atoms with Crippen molar-refractivity contribution in [2.75, 3.05) is 0 Å². The minimum absolute atomic E-state index is 0.777. The Bertz CT molecular complexity index is 587. The summed E-state index contributed by atoms with van der Waals surface area (Å²) in [5.74, 6) is 5.73. The summed E-state index contributed by atoms with van der Waals surface area (Å²) in [5.41, 5.74) is 1.53. The molecule has 6 unspecified atom stereocenters. The summed E-state index contributed by atoms with van der Waals surface area (Å²) in [7, 11) is 0. The van der Waals surface area contributed by atoms with Gasteiger partial charge in [-0.1, -0.05) is 42.8 Å². The van der Waals surface area contributed by atoms with Crippen LogP contribution < -0.4 is 0 Å². The second kappa shape index (κ2) is 7.87. The third-order valence-corrected chi connectivity index (χ3v) is 7.82. The number of fused-ring (bicyclic) bond motifs is 3. The van der Waals surface area contributed by atoms with E-state index in [1.165, 1.54) is 63.4 Å². The van der Waals surface area contributed by atoms with Crippen molar-refractivity contribution >= 4 is 11.6 Å². The third-order valence-electron chi connectivity index (χ3n) is 7.57. The lowest BCUT2D eigenvalue weighted by molar-refractivity contribution is 0.0127. The Morgan fingerprint density at radius 1 is 0.880 bits per heavy atom. The summed E-state index contributed by atoms with van der Waals surface area (Å²) in [6, 6.07) is 8.68. The topological polar surface area (TPSA) is 0 Å². The molecule has 3 aliphatic rings. The second-order valence-electron chi connectivity index (χ2n) is 8.90. The first-order valence-corrected chi connectivity index (χ1v) is 11.0. The number of benzene rings is 1. The Kier molecular flexibility index (Phi) is 5.56. The summed E-state index contributed by atoms with van der Waals surface area (Å²) in [6.45, 7) is 2.26. The molecule has 0 bridgehead atoms. The molecule has 0 spiro atoms. The van der Waals surface area contributed by atoms with E-state index in [0.29, 0.717) is 0 Å². The van der Waals surface area contributed by atoms with Crippen LogP contribution in [-0.4, -0.2) is 0 Å². The Labute approximate surface area is 159 Å². The fourth-order valence-corrected chi connectivity index (χ4v) is 6.50. The van der Waals surface area contributed by atoms with E-state index in [-0.39, 0.29) is 0 Å². The second-order valence-corrected chi connectivity index (χ2v) is 9.33. The molecule has 3 fully saturated rings. The molecule has 25 heavy (non-hydrogen) atoms. The maximum Gasteiger partial charge on any atom is 0.0406 e. The van der Waals surface area contributed by atoms with E-state index < -0.39 is 0 Å². The lowest BCUT2D eigenvalue weighted by atomic mass is 9.55. The Balaban J connectivity index is 1.39. The van der Waals surface area contributed by atoms with Crippen LogP contribution in [0.4, 0.5) is 0 Å². The standard InChI is InChI=1S/C24H33Cl/c1-2-3-4-17-5-13-23-20(15-17)6-7-21-16-19(10-14-24(21)23)18-8-11-22(25)12-9-18/h3-4,8-9,11-12,17,19-21,23-24H,2,5-7,10,13-16H2,1H3/b4-3+. The minimum atomic E-state index is 0.777. The predicted molar refractivity (Wildman–Crippen MR) is 108 cm³/mol. The lowest BCUT2D eigenvalue weighted by Gasteiger charge is -2.50. The van der Waals surface area contributed by atoms with Crippen LogP contribution in [0.15, 0.2) is 36.4 Å². The zero-order valence-corrected chi connectivity index (χ0v) is 16.4. The van der Waals surface area contributed by atoms with Gasteiger partial charge in [0.15, 0.2) is 0 Å². The van der Waals surface area contributed by atoms with Crippen LogP contribution in [0.5, 0.6) is 0 Å². The van der Waals surface area contributed by atoms with E-state index in [1.807, 2.05) is 0 Å². The highest BCUT2D eigenvalue weighted by atomic mass is 35.5. The van der Waals surface area contributed by atoms with Gasteiger partial charge in [0.1, 0.15) is 0 Å². The van der Waals surface area contributed by atoms with E-state index in [9.17, 15) is 0 Å². The molecular weight excluding hydrogens is 324 g/mol. The number of hydrogen-bond donors (Lipinski definition) is 0. The number of rotatable bonds is 3. The summed E-state index contributed by atoms with van der Waals surface area (Å²) < 4.78 is 0. The molecule has 0 radical (unpaired) electrons. The van der Waals surface area contributed by atoms with Gasteiger partial charge < -0.3 is 0 Å². The number of allylic oxidation sites excluding steroid dienone is 2. The Hall–Kier alpha value is -0.750. The summed E-state index contributed by atoms with van der Waals surface area (Å²) in [4.78, 5) is 0. The molecule has 0 saturated heterocycles. The molecule has 4 rings (SSSR count). The van der Waals surface area contributed by atoms with Crippen LogP contribution in [0, 0.1) is 29.6 Å². The van der Waals surface area contributed by atoms with Gasteiger partial charge in [-0.2, -0.15) is 0 Å². The molecular formula is C24H33Cl. The first-order chi connectivity index (χ1) is 12.2. The predicted octanol–water partition coefficient (Wildman–Crippen LogP) is 7.63. The van der Waals surface area contributed by atoms with Crippen LogP contribution in [-0.2, 0) is 0 Å². The smallest absolute Gasteiger partial charge is 0.0406 e. The SMILES string of the molecule is CC/C=C/C1CCC2C(CCC3CC(c4ccc(Cl)cc4)CCC32)C1.